The molecule has 9 heteroatoms. The van der Waals surface area contributed by atoms with E-state index in [9.17, 15) is 23.1 Å². The Morgan fingerprint density at radius 3 is 2.48 bits per heavy atom. The molecule has 1 saturated heterocycles. The Kier molecular flexibility index (Phi) is 5.23. The number of rotatable bonds is 3. The van der Waals surface area contributed by atoms with Crippen LogP contribution in [0.25, 0.3) is 10.9 Å². The predicted octanol–water partition coefficient (Wildman–Crippen LogP) is 4.82. The Morgan fingerprint density at radius 1 is 1.09 bits per heavy atom. The van der Waals surface area contributed by atoms with Gasteiger partial charge in [-0.3, -0.25) is 4.79 Å². The minimum absolute atomic E-state index is 0.00802. The van der Waals surface area contributed by atoms with Crippen LogP contribution in [0.1, 0.15) is 41.7 Å². The number of carbonyl (C=O) groups excluding carboxylic acids is 1. The van der Waals surface area contributed by atoms with Gasteiger partial charge in [-0.2, -0.15) is 13.2 Å². The molecule has 1 aromatic carbocycles. The van der Waals surface area contributed by atoms with Crippen molar-refractivity contribution in [2.75, 3.05) is 13.1 Å². The number of piperidine rings is 1. The largest absolute Gasteiger partial charge is 0.439 e. The number of likely N-dealkylation sites (tertiary alicyclic amines) is 1. The van der Waals surface area contributed by atoms with Crippen molar-refractivity contribution in [1.29, 1.82) is 0 Å². The van der Waals surface area contributed by atoms with Crippen LogP contribution in [0.3, 0.4) is 0 Å². The molecule has 0 bridgehead atoms. The minimum atomic E-state index is -4.45. The van der Waals surface area contributed by atoms with Crippen molar-refractivity contribution in [3.8, 4) is 11.6 Å². The van der Waals surface area contributed by atoms with E-state index in [0.29, 0.717) is 30.0 Å². The number of halogens is 3. The monoisotopic (exact) mass is 457 g/mol. The van der Waals surface area contributed by atoms with Crippen LogP contribution in [0.5, 0.6) is 11.6 Å². The molecule has 1 atom stereocenters. The summed E-state index contributed by atoms with van der Waals surface area (Å²) in [5, 5.41) is 10.8. The molecule has 6 nitrogen and oxygen atoms in total. The van der Waals surface area contributed by atoms with Crippen molar-refractivity contribution < 1.29 is 27.8 Å². The van der Waals surface area contributed by atoms with Crippen LogP contribution in [0.15, 0.2) is 48.7 Å². The molecule has 1 N–H and O–H groups in total. The van der Waals surface area contributed by atoms with E-state index in [1.165, 1.54) is 6.07 Å². The number of carbonyl (C=O) groups is 1. The number of hydrogen-bond acceptors (Lipinski definition) is 5. The topological polar surface area (TPSA) is 75.5 Å². The molecule has 1 saturated carbocycles. The Bertz CT molecular complexity index is 1190. The number of hydrogen-bond donors (Lipinski definition) is 1. The number of ether oxygens (including phenoxy) is 1. The molecule has 1 amide bonds. The highest BCUT2D eigenvalue weighted by atomic mass is 19.4. The highest BCUT2D eigenvalue weighted by Crippen LogP contribution is 2.49. The van der Waals surface area contributed by atoms with Crippen molar-refractivity contribution in [3.05, 3.63) is 59.9 Å². The molecule has 0 radical (unpaired) electrons. The standard InChI is InChI=1S/C24H22F3N3O3/c25-24(26,27)16-2-6-21(28-14-16)33-17-3-5-18-15(13-17)1-4-19(29-18)22(32)30-11-9-23(10-12-30)8-7-20(23)31/h1-6,13-14,20,31H,7-12H2. The summed E-state index contributed by atoms with van der Waals surface area (Å²) < 4.78 is 43.6. The third-order valence-electron chi connectivity index (χ3n) is 6.83. The maximum absolute atomic E-state index is 12.9. The van der Waals surface area contributed by atoms with Crippen LogP contribution in [-0.2, 0) is 6.18 Å². The van der Waals surface area contributed by atoms with Crippen LogP contribution in [0.4, 0.5) is 13.2 Å². The minimum Gasteiger partial charge on any atom is -0.439 e. The summed E-state index contributed by atoms with van der Waals surface area (Å²) in [6.45, 7) is 1.23. The summed E-state index contributed by atoms with van der Waals surface area (Å²) >= 11 is 0. The average Bonchev–Trinajstić information content (AvgIpc) is 2.82. The third kappa shape index (κ3) is 4.13. The van der Waals surface area contributed by atoms with E-state index >= 15 is 0 Å². The SMILES string of the molecule is O=C(c1ccc2cc(Oc3ccc(C(F)(F)F)cn3)ccc2n1)N1CCC2(CCC2O)CC1. The molecule has 2 aromatic heterocycles. The van der Waals surface area contributed by atoms with Crippen molar-refractivity contribution in [3.63, 3.8) is 0 Å². The van der Waals surface area contributed by atoms with Gasteiger partial charge >= 0.3 is 6.18 Å². The zero-order chi connectivity index (χ0) is 23.2. The van der Waals surface area contributed by atoms with E-state index in [1.807, 2.05) is 0 Å². The molecule has 5 rings (SSSR count). The van der Waals surface area contributed by atoms with E-state index < -0.39 is 11.7 Å². The smallest absolute Gasteiger partial charge is 0.417 e. The van der Waals surface area contributed by atoms with Gasteiger partial charge in [0, 0.05) is 30.7 Å². The summed E-state index contributed by atoms with van der Waals surface area (Å²) in [7, 11) is 0. The number of amides is 1. The molecule has 1 aliphatic heterocycles. The normalized spacial score (nSPS) is 20.0. The number of nitrogens with zero attached hydrogens (tertiary/aromatic N) is 3. The molecule has 33 heavy (non-hydrogen) atoms. The molecular formula is C24H22F3N3O3. The van der Waals surface area contributed by atoms with Crippen molar-refractivity contribution in [2.24, 2.45) is 5.41 Å². The summed E-state index contributed by atoms with van der Waals surface area (Å²) in [5.41, 5.74) is 0.107. The number of aliphatic hydroxyl groups excluding tert-OH is 1. The van der Waals surface area contributed by atoms with Crippen LogP contribution in [0.2, 0.25) is 0 Å². The number of fused-ring (bicyclic) bond motifs is 1. The maximum Gasteiger partial charge on any atom is 0.417 e. The average molecular weight is 457 g/mol. The van der Waals surface area contributed by atoms with Gasteiger partial charge < -0.3 is 14.7 Å². The number of benzene rings is 1. The molecular weight excluding hydrogens is 435 g/mol. The summed E-state index contributed by atoms with van der Waals surface area (Å²) in [5.74, 6) is 0.312. The van der Waals surface area contributed by atoms with Gasteiger partial charge in [0.2, 0.25) is 5.88 Å². The van der Waals surface area contributed by atoms with E-state index in [4.69, 9.17) is 4.74 Å². The van der Waals surface area contributed by atoms with Gasteiger partial charge in [-0.1, -0.05) is 6.07 Å². The fourth-order valence-corrected chi connectivity index (χ4v) is 4.60. The molecule has 2 fully saturated rings. The third-order valence-corrected chi connectivity index (χ3v) is 6.83. The lowest BCUT2D eigenvalue weighted by Gasteiger charge is -2.51. The first-order valence-electron chi connectivity index (χ1n) is 10.8. The van der Waals surface area contributed by atoms with Crippen LogP contribution in [-0.4, -0.2) is 45.1 Å². The summed E-state index contributed by atoms with van der Waals surface area (Å²) in [6, 6.07) is 10.5. The second-order valence-corrected chi connectivity index (χ2v) is 8.74. The summed E-state index contributed by atoms with van der Waals surface area (Å²) in [6.07, 6.45) is -0.480. The second-order valence-electron chi connectivity index (χ2n) is 8.74. The molecule has 3 aromatic rings. The van der Waals surface area contributed by atoms with Gasteiger partial charge in [-0.25, -0.2) is 9.97 Å². The number of aromatic nitrogens is 2. The lowest BCUT2D eigenvalue weighted by atomic mass is 9.61. The van der Waals surface area contributed by atoms with Gasteiger partial charge in [0.15, 0.2) is 0 Å². The Balaban J connectivity index is 1.27. The Hall–Kier alpha value is -3.20. The molecule has 172 valence electrons. The van der Waals surface area contributed by atoms with Gasteiger partial charge in [0.05, 0.1) is 17.2 Å². The van der Waals surface area contributed by atoms with E-state index in [-0.39, 0.29) is 23.3 Å². The van der Waals surface area contributed by atoms with Crippen molar-refractivity contribution in [1.82, 2.24) is 14.9 Å². The lowest BCUT2D eigenvalue weighted by Crippen LogP contribution is -2.53. The highest BCUT2D eigenvalue weighted by Gasteiger charge is 2.47. The van der Waals surface area contributed by atoms with Gasteiger partial charge in [-0.15, -0.1) is 0 Å². The van der Waals surface area contributed by atoms with Crippen molar-refractivity contribution in [2.45, 2.75) is 38.0 Å². The fraction of sp³-hybridized carbons (Fsp3) is 0.375. The highest BCUT2D eigenvalue weighted by molar-refractivity contribution is 5.95. The number of alkyl halides is 3. The van der Waals surface area contributed by atoms with Crippen molar-refractivity contribution >= 4 is 16.8 Å². The van der Waals surface area contributed by atoms with E-state index in [1.54, 1.807) is 35.2 Å². The van der Waals surface area contributed by atoms with E-state index in [2.05, 4.69) is 9.97 Å². The molecule has 1 spiro atoms. The van der Waals surface area contributed by atoms with Gasteiger partial charge in [0.25, 0.3) is 5.91 Å². The lowest BCUT2D eigenvalue weighted by molar-refractivity contribution is -0.137. The first-order chi connectivity index (χ1) is 15.7. The second kappa shape index (κ2) is 7.98. The molecule has 1 unspecified atom stereocenters. The maximum atomic E-state index is 12.9. The molecule has 1 aliphatic carbocycles. The number of pyridine rings is 2. The first kappa shape index (κ1) is 21.6. The summed E-state index contributed by atoms with van der Waals surface area (Å²) in [4.78, 5) is 22.9. The molecule has 3 heterocycles. The zero-order valence-corrected chi connectivity index (χ0v) is 17.7. The van der Waals surface area contributed by atoms with Crippen LogP contribution in [0, 0.1) is 5.41 Å². The Labute approximate surface area is 188 Å². The first-order valence-corrected chi connectivity index (χ1v) is 10.8. The predicted molar refractivity (Wildman–Crippen MR) is 114 cm³/mol. The number of aliphatic hydroxyl groups is 1. The quantitative estimate of drug-likeness (QED) is 0.611. The fourth-order valence-electron chi connectivity index (χ4n) is 4.60. The Morgan fingerprint density at radius 2 is 1.88 bits per heavy atom. The molecule has 2 aliphatic rings. The van der Waals surface area contributed by atoms with Crippen LogP contribution >= 0.6 is 0 Å². The van der Waals surface area contributed by atoms with Crippen LogP contribution < -0.4 is 4.74 Å². The zero-order valence-electron chi connectivity index (χ0n) is 17.7. The van der Waals surface area contributed by atoms with Gasteiger partial charge in [0.1, 0.15) is 11.4 Å². The van der Waals surface area contributed by atoms with E-state index in [0.717, 1.165) is 43.3 Å². The van der Waals surface area contributed by atoms with Gasteiger partial charge in [-0.05, 0) is 61.4 Å².